The molecule has 0 radical (unpaired) electrons. The lowest BCUT2D eigenvalue weighted by Crippen LogP contribution is -2.17. The van der Waals surface area contributed by atoms with Crippen LogP contribution in [0.4, 0.5) is 0 Å². The first-order valence-corrected chi connectivity index (χ1v) is 6.41. The molecule has 1 aromatic carbocycles. The van der Waals surface area contributed by atoms with Gasteiger partial charge in [-0.05, 0) is 18.4 Å². The largest absolute Gasteiger partial charge is 0.308 e. The average molecular weight is 239 g/mol. The molecule has 78 valence electrons. The van der Waals surface area contributed by atoms with E-state index in [1.165, 1.54) is 15.9 Å². The number of aromatic nitrogens is 1. The molecule has 0 aliphatic carbocycles. The van der Waals surface area contributed by atoms with Gasteiger partial charge in [-0.15, -0.1) is 0 Å². The molecule has 2 aromatic rings. The first-order valence-electron chi connectivity index (χ1n) is 4.37. The smallest absolute Gasteiger partial charge is 0.290 e. The molecule has 0 unspecified atom stereocenters. The van der Waals surface area contributed by atoms with E-state index in [9.17, 15) is 9.59 Å². The predicted octanol–water partition coefficient (Wildman–Crippen LogP) is 1.95. The Balaban J connectivity index is 2.54. The van der Waals surface area contributed by atoms with Crippen LogP contribution < -0.4 is 4.87 Å². The van der Waals surface area contributed by atoms with Gasteiger partial charge in [0.15, 0.2) is 0 Å². The number of benzene rings is 1. The van der Waals surface area contributed by atoms with Gasteiger partial charge in [0.2, 0.25) is 5.12 Å². The van der Waals surface area contributed by atoms with Crippen molar-refractivity contribution >= 4 is 38.4 Å². The molecule has 0 N–H and O–H groups in total. The van der Waals surface area contributed by atoms with Crippen LogP contribution in [-0.4, -0.2) is 15.9 Å². The van der Waals surface area contributed by atoms with Gasteiger partial charge in [-0.3, -0.25) is 14.2 Å². The highest BCUT2D eigenvalue weighted by molar-refractivity contribution is 8.13. The number of nitrogens with zero attached hydrogens (tertiary/aromatic N) is 1. The normalized spacial score (nSPS) is 10.7. The van der Waals surface area contributed by atoms with E-state index in [0.29, 0.717) is 0 Å². The van der Waals surface area contributed by atoms with E-state index in [4.69, 9.17) is 0 Å². The molecule has 0 amide bonds. The fourth-order valence-corrected chi connectivity index (χ4v) is 2.51. The highest BCUT2D eigenvalue weighted by atomic mass is 32.2. The van der Waals surface area contributed by atoms with Crippen LogP contribution in [0.1, 0.15) is 0 Å². The van der Waals surface area contributed by atoms with Crippen LogP contribution in [0.25, 0.3) is 10.2 Å². The number of rotatable bonds is 2. The molecule has 15 heavy (non-hydrogen) atoms. The van der Waals surface area contributed by atoms with E-state index in [-0.39, 0.29) is 16.5 Å². The molecule has 0 saturated carbocycles. The summed E-state index contributed by atoms with van der Waals surface area (Å²) in [7, 11) is 0. The van der Waals surface area contributed by atoms with Crippen molar-refractivity contribution in [2.24, 2.45) is 0 Å². The molecule has 0 saturated heterocycles. The second-order valence-electron chi connectivity index (χ2n) is 3.00. The van der Waals surface area contributed by atoms with Gasteiger partial charge >= 0.3 is 4.87 Å². The maximum absolute atomic E-state index is 11.6. The van der Waals surface area contributed by atoms with Crippen LogP contribution in [-0.2, 0) is 11.3 Å². The molecule has 0 fully saturated rings. The Morgan fingerprint density at radius 2 is 2.20 bits per heavy atom. The van der Waals surface area contributed by atoms with E-state index in [2.05, 4.69) is 0 Å². The van der Waals surface area contributed by atoms with Crippen molar-refractivity contribution in [1.29, 1.82) is 0 Å². The molecular weight excluding hydrogens is 230 g/mol. The topological polar surface area (TPSA) is 39.1 Å². The minimum Gasteiger partial charge on any atom is -0.290 e. The number of carbonyl (C=O) groups excluding carboxylic acids is 1. The molecule has 0 atom stereocenters. The van der Waals surface area contributed by atoms with Crippen molar-refractivity contribution in [1.82, 2.24) is 4.57 Å². The maximum atomic E-state index is 11.6. The van der Waals surface area contributed by atoms with Crippen molar-refractivity contribution in [3.8, 4) is 0 Å². The van der Waals surface area contributed by atoms with Crippen LogP contribution in [0.5, 0.6) is 0 Å². The van der Waals surface area contributed by atoms with Crippen molar-refractivity contribution in [2.45, 2.75) is 6.54 Å². The predicted molar refractivity (Wildman–Crippen MR) is 64.6 cm³/mol. The lowest BCUT2D eigenvalue weighted by molar-refractivity contribution is -0.111. The van der Waals surface area contributed by atoms with Gasteiger partial charge in [-0.1, -0.05) is 35.2 Å². The number of carbonyl (C=O) groups is 1. The molecule has 1 aromatic heterocycles. The Kier molecular flexibility index (Phi) is 2.93. The summed E-state index contributed by atoms with van der Waals surface area (Å²) in [6.07, 6.45) is 1.72. The highest BCUT2D eigenvalue weighted by Crippen LogP contribution is 2.16. The Bertz CT molecular complexity index is 556. The summed E-state index contributed by atoms with van der Waals surface area (Å²) in [5.74, 6) is 0. The molecular formula is C10H9NO2S2. The first-order chi connectivity index (χ1) is 7.22. The van der Waals surface area contributed by atoms with E-state index in [0.717, 1.165) is 22.0 Å². The molecule has 0 aliphatic heterocycles. The molecule has 0 bridgehead atoms. The number of fused-ring (bicyclic) bond motifs is 1. The summed E-state index contributed by atoms with van der Waals surface area (Å²) >= 11 is 2.32. The maximum Gasteiger partial charge on any atom is 0.308 e. The van der Waals surface area contributed by atoms with Gasteiger partial charge in [-0.2, -0.15) is 0 Å². The molecule has 3 nitrogen and oxygen atoms in total. The summed E-state index contributed by atoms with van der Waals surface area (Å²) in [6.45, 7) is 0.157. The Morgan fingerprint density at radius 1 is 1.47 bits per heavy atom. The Labute approximate surface area is 94.7 Å². The summed E-state index contributed by atoms with van der Waals surface area (Å²) < 4.78 is 2.45. The lowest BCUT2D eigenvalue weighted by atomic mass is 10.3. The third kappa shape index (κ3) is 1.98. The van der Waals surface area contributed by atoms with E-state index in [1.54, 1.807) is 6.26 Å². The van der Waals surface area contributed by atoms with Crippen LogP contribution in [0.15, 0.2) is 29.1 Å². The van der Waals surface area contributed by atoms with Gasteiger partial charge in [0, 0.05) is 0 Å². The van der Waals surface area contributed by atoms with Crippen LogP contribution >= 0.6 is 23.1 Å². The summed E-state index contributed by atoms with van der Waals surface area (Å²) in [6, 6.07) is 7.51. The third-order valence-electron chi connectivity index (χ3n) is 2.09. The molecule has 5 heteroatoms. The Hall–Kier alpha value is -1.07. The summed E-state index contributed by atoms with van der Waals surface area (Å²) in [5.41, 5.74) is 0.843. The molecule has 2 rings (SSSR count). The zero-order valence-corrected chi connectivity index (χ0v) is 9.73. The lowest BCUT2D eigenvalue weighted by Gasteiger charge is -1.99. The van der Waals surface area contributed by atoms with Gasteiger partial charge < -0.3 is 0 Å². The molecule has 1 heterocycles. The quantitative estimate of drug-likeness (QED) is 0.804. The van der Waals surface area contributed by atoms with Crippen molar-refractivity contribution in [3.05, 3.63) is 33.9 Å². The van der Waals surface area contributed by atoms with Crippen molar-refractivity contribution in [2.75, 3.05) is 6.26 Å². The fourth-order valence-electron chi connectivity index (χ4n) is 1.36. The summed E-state index contributed by atoms with van der Waals surface area (Å²) in [5, 5.41) is 0.000605. The monoisotopic (exact) mass is 239 g/mol. The van der Waals surface area contributed by atoms with E-state index in [1.807, 2.05) is 24.3 Å². The van der Waals surface area contributed by atoms with E-state index >= 15 is 0 Å². The van der Waals surface area contributed by atoms with Crippen molar-refractivity contribution in [3.63, 3.8) is 0 Å². The van der Waals surface area contributed by atoms with Gasteiger partial charge in [-0.25, -0.2) is 0 Å². The standard InChI is InChI=1S/C10H9NO2S2/c1-14-9(12)6-11-7-4-2-3-5-8(7)15-10(11)13/h2-5H,6H2,1H3. The second kappa shape index (κ2) is 4.20. The number of thiazole rings is 1. The minimum absolute atomic E-state index is 0.000605. The van der Waals surface area contributed by atoms with Crippen LogP contribution in [0, 0.1) is 0 Å². The number of hydrogen-bond donors (Lipinski definition) is 0. The second-order valence-corrected chi connectivity index (χ2v) is 4.85. The molecule has 0 spiro atoms. The zero-order valence-electron chi connectivity index (χ0n) is 8.10. The van der Waals surface area contributed by atoms with Crippen molar-refractivity contribution < 1.29 is 4.79 Å². The SMILES string of the molecule is CSC(=O)Cn1c(=O)sc2ccccc21. The minimum atomic E-state index is -0.0707. The zero-order chi connectivity index (χ0) is 10.8. The Morgan fingerprint density at radius 3 is 2.93 bits per heavy atom. The number of thioether (sulfide) groups is 1. The van der Waals surface area contributed by atoms with Gasteiger partial charge in [0.1, 0.15) is 0 Å². The first kappa shape index (κ1) is 10.4. The molecule has 0 aliphatic rings. The number of para-hydroxylation sites is 1. The van der Waals surface area contributed by atoms with Crippen LogP contribution in [0.2, 0.25) is 0 Å². The van der Waals surface area contributed by atoms with Gasteiger partial charge in [0.05, 0.1) is 16.8 Å². The van der Waals surface area contributed by atoms with E-state index < -0.39 is 0 Å². The van der Waals surface area contributed by atoms with Crippen LogP contribution in [0.3, 0.4) is 0 Å². The highest BCUT2D eigenvalue weighted by Gasteiger charge is 2.09. The number of hydrogen-bond acceptors (Lipinski definition) is 4. The fraction of sp³-hybridized carbons (Fsp3) is 0.200. The summed E-state index contributed by atoms with van der Waals surface area (Å²) in [4.78, 5) is 22.8. The van der Waals surface area contributed by atoms with Gasteiger partial charge in [0.25, 0.3) is 0 Å². The third-order valence-corrected chi connectivity index (χ3v) is 3.63. The average Bonchev–Trinajstić information content (AvgIpc) is 2.55.